The maximum atomic E-state index is 11.6. The average Bonchev–Trinajstić information content (AvgIpc) is 2.84. The van der Waals surface area contributed by atoms with Crippen LogP contribution in [0.5, 0.6) is 0 Å². The molecule has 1 heterocycles. The molecule has 0 saturated heterocycles. The molecule has 10 heteroatoms. The molecule has 21 heavy (non-hydrogen) atoms. The van der Waals surface area contributed by atoms with Gasteiger partial charge in [0, 0.05) is 17.6 Å². The van der Waals surface area contributed by atoms with E-state index in [9.17, 15) is 4.79 Å². The van der Waals surface area contributed by atoms with Crippen LogP contribution in [-0.2, 0) is 11.8 Å². The van der Waals surface area contributed by atoms with E-state index in [2.05, 4.69) is 26.1 Å². The van der Waals surface area contributed by atoms with Crippen LogP contribution in [0.1, 0.15) is 5.56 Å². The van der Waals surface area contributed by atoms with Gasteiger partial charge in [-0.2, -0.15) is 5.10 Å². The third-order valence-corrected chi connectivity index (χ3v) is 3.84. The third kappa shape index (κ3) is 4.69. The van der Waals surface area contributed by atoms with Crippen LogP contribution >= 0.6 is 35.0 Å². The molecule has 0 saturated carbocycles. The molecule has 1 N–H and O–H groups in total. The van der Waals surface area contributed by atoms with Gasteiger partial charge in [0.15, 0.2) is 0 Å². The van der Waals surface area contributed by atoms with Crippen molar-refractivity contribution >= 4 is 47.1 Å². The summed E-state index contributed by atoms with van der Waals surface area (Å²) >= 11 is 13.0. The highest BCUT2D eigenvalue weighted by Crippen LogP contribution is 2.19. The van der Waals surface area contributed by atoms with Crippen molar-refractivity contribution in [1.29, 1.82) is 0 Å². The number of carbonyl (C=O) groups is 1. The van der Waals surface area contributed by atoms with E-state index in [1.807, 2.05) is 0 Å². The number of aromatic nitrogens is 4. The second kappa shape index (κ2) is 7.39. The Balaban J connectivity index is 1.83. The summed E-state index contributed by atoms with van der Waals surface area (Å²) in [5.74, 6) is -0.121. The van der Waals surface area contributed by atoms with Crippen molar-refractivity contribution in [3.63, 3.8) is 0 Å². The van der Waals surface area contributed by atoms with E-state index in [0.29, 0.717) is 20.8 Å². The Morgan fingerprint density at radius 2 is 2.33 bits per heavy atom. The largest absolute Gasteiger partial charge is 0.272 e. The molecular weight excluding hydrogens is 335 g/mol. The van der Waals surface area contributed by atoms with Gasteiger partial charge in [-0.15, -0.1) is 5.10 Å². The van der Waals surface area contributed by atoms with Gasteiger partial charge < -0.3 is 0 Å². The quantitative estimate of drug-likeness (QED) is 0.507. The number of hydrogen-bond donors (Lipinski definition) is 1. The minimum Gasteiger partial charge on any atom is -0.272 e. The number of nitrogens with zero attached hydrogens (tertiary/aromatic N) is 5. The van der Waals surface area contributed by atoms with Crippen molar-refractivity contribution in [2.24, 2.45) is 12.1 Å². The minimum atomic E-state index is -0.274. The first kappa shape index (κ1) is 15.7. The molecule has 1 amide bonds. The Hall–Kier alpha value is -1.64. The summed E-state index contributed by atoms with van der Waals surface area (Å²) in [5, 5.41) is 16.3. The van der Waals surface area contributed by atoms with Crippen LogP contribution in [0.15, 0.2) is 28.5 Å². The number of hydrogen-bond acceptors (Lipinski definition) is 6. The van der Waals surface area contributed by atoms with Crippen LogP contribution in [0, 0.1) is 0 Å². The van der Waals surface area contributed by atoms with E-state index in [0.717, 1.165) is 0 Å². The number of halogens is 2. The smallest absolute Gasteiger partial charge is 0.250 e. The molecule has 0 spiro atoms. The van der Waals surface area contributed by atoms with Gasteiger partial charge >= 0.3 is 0 Å². The molecule has 2 rings (SSSR count). The second-order valence-corrected chi connectivity index (χ2v) is 5.62. The number of tetrazole rings is 1. The van der Waals surface area contributed by atoms with Gasteiger partial charge in [0.1, 0.15) is 0 Å². The van der Waals surface area contributed by atoms with Crippen LogP contribution < -0.4 is 5.43 Å². The molecule has 0 radical (unpaired) electrons. The predicted molar refractivity (Wildman–Crippen MR) is 81.7 cm³/mol. The standard InChI is InChI=1S/C11H10Cl2N6OS/c1-19-11(16-17-18-19)21-6-10(20)15-14-5-7-2-3-8(12)4-9(7)13/h2-5H,6H2,1H3,(H,15,20)/b14-5+. The summed E-state index contributed by atoms with van der Waals surface area (Å²) in [4.78, 5) is 11.6. The van der Waals surface area contributed by atoms with Crippen LogP contribution in [0.2, 0.25) is 10.0 Å². The molecule has 0 fully saturated rings. The summed E-state index contributed by atoms with van der Waals surface area (Å²) in [6.07, 6.45) is 1.45. The fourth-order valence-corrected chi connectivity index (χ4v) is 2.39. The zero-order chi connectivity index (χ0) is 15.2. The molecule has 1 aromatic heterocycles. The number of amides is 1. The van der Waals surface area contributed by atoms with Gasteiger partial charge in [-0.1, -0.05) is 41.0 Å². The number of rotatable bonds is 5. The van der Waals surface area contributed by atoms with Crippen molar-refractivity contribution in [3.05, 3.63) is 33.8 Å². The lowest BCUT2D eigenvalue weighted by molar-refractivity contribution is -0.118. The first-order chi connectivity index (χ1) is 10.1. The average molecular weight is 345 g/mol. The topological polar surface area (TPSA) is 85.1 Å². The SMILES string of the molecule is Cn1nnnc1SCC(=O)N/N=C/c1ccc(Cl)cc1Cl. The zero-order valence-electron chi connectivity index (χ0n) is 10.8. The highest BCUT2D eigenvalue weighted by molar-refractivity contribution is 7.99. The number of thioether (sulfide) groups is 1. The number of hydrazone groups is 1. The fraction of sp³-hybridized carbons (Fsp3) is 0.182. The minimum absolute atomic E-state index is 0.153. The predicted octanol–water partition coefficient (Wildman–Crippen LogP) is 1.76. The van der Waals surface area contributed by atoms with E-state index < -0.39 is 0 Å². The highest BCUT2D eigenvalue weighted by Gasteiger charge is 2.06. The molecule has 0 atom stereocenters. The second-order valence-electron chi connectivity index (χ2n) is 3.83. The maximum absolute atomic E-state index is 11.6. The molecule has 0 bridgehead atoms. The third-order valence-electron chi connectivity index (χ3n) is 2.27. The summed E-state index contributed by atoms with van der Waals surface area (Å²) in [6, 6.07) is 5.00. The fourth-order valence-electron chi connectivity index (χ4n) is 1.29. The zero-order valence-corrected chi connectivity index (χ0v) is 13.2. The van der Waals surface area contributed by atoms with Crippen molar-refractivity contribution in [3.8, 4) is 0 Å². The first-order valence-electron chi connectivity index (χ1n) is 5.68. The molecule has 0 aliphatic heterocycles. The van der Waals surface area contributed by atoms with E-state index >= 15 is 0 Å². The van der Waals surface area contributed by atoms with Crippen molar-refractivity contribution in [2.75, 3.05) is 5.75 Å². The Labute approximate surface area is 134 Å². The van der Waals surface area contributed by atoms with Crippen molar-refractivity contribution < 1.29 is 4.79 Å². The lowest BCUT2D eigenvalue weighted by Crippen LogP contribution is -2.20. The van der Waals surface area contributed by atoms with Gasteiger partial charge in [0.05, 0.1) is 17.0 Å². The first-order valence-corrected chi connectivity index (χ1v) is 7.42. The van der Waals surface area contributed by atoms with Crippen LogP contribution in [-0.4, -0.2) is 38.1 Å². The summed E-state index contributed by atoms with van der Waals surface area (Å²) in [5.41, 5.74) is 3.05. The number of carbonyl (C=O) groups excluding carboxylic acids is 1. The van der Waals surface area contributed by atoms with Gasteiger partial charge in [-0.05, 0) is 22.6 Å². The summed E-state index contributed by atoms with van der Waals surface area (Å²) in [6.45, 7) is 0. The van der Waals surface area contributed by atoms with Gasteiger partial charge in [-0.3, -0.25) is 4.79 Å². The molecule has 0 aliphatic carbocycles. The summed E-state index contributed by atoms with van der Waals surface area (Å²) in [7, 11) is 1.70. The van der Waals surface area contributed by atoms with Gasteiger partial charge in [0.2, 0.25) is 5.16 Å². The van der Waals surface area contributed by atoms with Crippen LogP contribution in [0.25, 0.3) is 0 Å². The molecular formula is C11H10Cl2N6OS. The van der Waals surface area contributed by atoms with E-state index in [4.69, 9.17) is 23.2 Å². The Morgan fingerprint density at radius 1 is 1.52 bits per heavy atom. The monoisotopic (exact) mass is 344 g/mol. The lowest BCUT2D eigenvalue weighted by atomic mass is 10.2. The molecule has 0 unspecified atom stereocenters. The maximum Gasteiger partial charge on any atom is 0.250 e. The van der Waals surface area contributed by atoms with E-state index in [1.165, 1.54) is 22.7 Å². The molecule has 110 valence electrons. The molecule has 2 aromatic rings. The van der Waals surface area contributed by atoms with E-state index in [1.54, 1.807) is 25.2 Å². The molecule has 0 aliphatic rings. The number of aryl methyl sites for hydroxylation is 1. The van der Waals surface area contributed by atoms with Crippen LogP contribution in [0.3, 0.4) is 0 Å². The van der Waals surface area contributed by atoms with Gasteiger partial charge in [-0.25, -0.2) is 10.1 Å². The number of nitrogens with one attached hydrogen (secondary N) is 1. The Kier molecular flexibility index (Phi) is 5.54. The van der Waals surface area contributed by atoms with E-state index in [-0.39, 0.29) is 11.7 Å². The summed E-state index contributed by atoms with van der Waals surface area (Å²) < 4.78 is 1.48. The Bertz CT molecular complexity index is 674. The lowest BCUT2D eigenvalue weighted by Gasteiger charge is -2.00. The van der Waals surface area contributed by atoms with Crippen molar-refractivity contribution in [1.82, 2.24) is 25.6 Å². The van der Waals surface area contributed by atoms with Crippen LogP contribution in [0.4, 0.5) is 0 Å². The molecule has 7 nitrogen and oxygen atoms in total. The molecule has 1 aromatic carbocycles. The number of benzene rings is 1. The normalized spacial score (nSPS) is 11.0. The Morgan fingerprint density at radius 3 is 3.00 bits per heavy atom. The van der Waals surface area contributed by atoms with Crippen molar-refractivity contribution in [2.45, 2.75) is 5.16 Å². The highest BCUT2D eigenvalue weighted by atomic mass is 35.5. The van der Waals surface area contributed by atoms with Gasteiger partial charge in [0.25, 0.3) is 5.91 Å².